The van der Waals surface area contributed by atoms with Crippen LogP contribution in [0.25, 0.3) is 0 Å². The molecule has 0 fully saturated rings. The van der Waals surface area contributed by atoms with Crippen LogP contribution < -0.4 is 5.32 Å². The van der Waals surface area contributed by atoms with Gasteiger partial charge >= 0.3 is 5.97 Å². The molecule has 0 radical (unpaired) electrons. The summed E-state index contributed by atoms with van der Waals surface area (Å²) in [7, 11) is 0. The van der Waals surface area contributed by atoms with Crippen molar-refractivity contribution in [3.63, 3.8) is 0 Å². The maximum atomic E-state index is 13.9. The van der Waals surface area contributed by atoms with E-state index in [1.807, 2.05) is 13.8 Å². The van der Waals surface area contributed by atoms with Crippen LogP contribution in [-0.4, -0.2) is 42.2 Å². The largest absolute Gasteiger partial charge is 0.480 e. The average Bonchev–Trinajstić information content (AvgIpc) is 2.42. The minimum Gasteiger partial charge on any atom is -0.480 e. The molecule has 1 rings (SSSR count). The number of hydrogen-bond donors (Lipinski definition) is 2. The zero-order valence-corrected chi connectivity index (χ0v) is 12.5. The summed E-state index contributed by atoms with van der Waals surface area (Å²) in [6.07, 6.45) is 0. The van der Waals surface area contributed by atoms with Gasteiger partial charge in [-0.2, -0.15) is 0 Å². The van der Waals surface area contributed by atoms with E-state index in [2.05, 4.69) is 10.2 Å². The van der Waals surface area contributed by atoms with Crippen molar-refractivity contribution in [1.82, 2.24) is 10.2 Å². The molecule has 0 aromatic heterocycles. The third-order valence-corrected chi connectivity index (χ3v) is 3.50. The second kappa shape index (κ2) is 8.19. The predicted octanol–water partition coefficient (Wildman–Crippen LogP) is 2.54. The summed E-state index contributed by atoms with van der Waals surface area (Å²) < 4.78 is 13.9. The highest BCUT2D eigenvalue weighted by Crippen LogP contribution is 2.23. The molecule has 0 amide bonds. The molecule has 0 aliphatic heterocycles. The maximum absolute atomic E-state index is 13.9. The highest BCUT2D eigenvalue weighted by atomic mass is 35.5. The normalized spacial score (nSPS) is 12.7. The molecule has 0 saturated carbocycles. The summed E-state index contributed by atoms with van der Waals surface area (Å²) >= 11 is 5.69. The van der Waals surface area contributed by atoms with E-state index in [1.165, 1.54) is 12.1 Å². The number of halogens is 2. The minimum atomic E-state index is -1.12. The molecule has 0 bridgehead atoms. The van der Waals surface area contributed by atoms with E-state index < -0.39 is 17.8 Å². The Labute approximate surface area is 123 Å². The van der Waals surface area contributed by atoms with Gasteiger partial charge in [0.05, 0.1) is 5.02 Å². The number of nitrogens with one attached hydrogen (secondary N) is 1. The number of benzene rings is 1. The van der Waals surface area contributed by atoms with Crippen LogP contribution in [0.15, 0.2) is 18.2 Å². The van der Waals surface area contributed by atoms with E-state index in [0.717, 1.165) is 13.1 Å². The highest BCUT2D eigenvalue weighted by molar-refractivity contribution is 6.30. The SMILES string of the molecule is CCN(CC)CCNC(C(=O)O)c1cccc(Cl)c1F. The Hall–Kier alpha value is -1.17. The lowest BCUT2D eigenvalue weighted by Gasteiger charge is -2.21. The van der Waals surface area contributed by atoms with Crippen LogP contribution in [0, 0.1) is 5.82 Å². The van der Waals surface area contributed by atoms with Crippen molar-refractivity contribution in [2.45, 2.75) is 19.9 Å². The van der Waals surface area contributed by atoms with Gasteiger partial charge in [-0.05, 0) is 19.2 Å². The first-order valence-electron chi connectivity index (χ1n) is 6.63. The second-order valence-corrected chi connectivity index (χ2v) is 4.80. The summed E-state index contributed by atoms with van der Waals surface area (Å²) in [6, 6.07) is 3.28. The van der Waals surface area contributed by atoms with Gasteiger partial charge in [-0.15, -0.1) is 0 Å². The molecule has 0 heterocycles. The van der Waals surface area contributed by atoms with E-state index in [0.29, 0.717) is 13.1 Å². The molecule has 1 aromatic rings. The van der Waals surface area contributed by atoms with E-state index in [9.17, 15) is 14.3 Å². The quantitative estimate of drug-likeness (QED) is 0.775. The fourth-order valence-corrected chi connectivity index (χ4v) is 2.16. The predicted molar refractivity (Wildman–Crippen MR) is 77.6 cm³/mol. The fourth-order valence-electron chi connectivity index (χ4n) is 1.98. The second-order valence-electron chi connectivity index (χ2n) is 4.40. The van der Waals surface area contributed by atoms with E-state index in [4.69, 9.17) is 11.6 Å². The Kier molecular flexibility index (Phi) is 6.91. The molecule has 6 heteroatoms. The molecule has 1 aromatic carbocycles. The molecule has 1 unspecified atom stereocenters. The smallest absolute Gasteiger partial charge is 0.325 e. The van der Waals surface area contributed by atoms with E-state index in [-0.39, 0.29) is 10.6 Å². The molecular weight excluding hydrogens is 283 g/mol. The lowest BCUT2D eigenvalue weighted by molar-refractivity contribution is -0.139. The molecule has 4 nitrogen and oxygen atoms in total. The van der Waals surface area contributed by atoms with Crippen molar-refractivity contribution in [2.75, 3.05) is 26.2 Å². The first-order chi connectivity index (χ1) is 9.51. The van der Waals surface area contributed by atoms with Crippen molar-refractivity contribution in [2.24, 2.45) is 0 Å². The van der Waals surface area contributed by atoms with Crippen LogP contribution in [0.4, 0.5) is 4.39 Å². The number of nitrogens with zero attached hydrogens (tertiary/aromatic N) is 1. The number of aliphatic carboxylic acids is 1. The number of carboxylic acid groups (broad SMARTS) is 1. The molecule has 0 spiro atoms. The van der Waals surface area contributed by atoms with Gasteiger partial charge in [0.1, 0.15) is 11.9 Å². The van der Waals surface area contributed by atoms with Crippen molar-refractivity contribution in [3.8, 4) is 0 Å². The van der Waals surface area contributed by atoms with Crippen LogP contribution in [0.1, 0.15) is 25.5 Å². The van der Waals surface area contributed by atoms with Crippen LogP contribution in [-0.2, 0) is 4.79 Å². The van der Waals surface area contributed by atoms with Gasteiger partial charge in [0.2, 0.25) is 0 Å². The molecule has 0 saturated heterocycles. The molecule has 20 heavy (non-hydrogen) atoms. The Bertz CT molecular complexity index is 453. The summed E-state index contributed by atoms with van der Waals surface area (Å²) in [4.78, 5) is 13.4. The third kappa shape index (κ3) is 4.44. The van der Waals surface area contributed by atoms with Gasteiger partial charge in [-0.3, -0.25) is 10.1 Å². The first-order valence-corrected chi connectivity index (χ1v) is 7.01. The van der Waals surface area contributed by atoms with Gasteiger partial charge in [0.15, 0.2) is 0 Å². The molecule has 1 atom stereocenters. The minimum absolute atomic E-state index is 0.0598. The molecule has 2 N–H and O–H groups in total. The Morgan fingerprint density at radius 1 is 1.45 bits per heavy atom. The number of carbonyl (C=O) groups is 1. The van der Waals surface area contributed by atoms with Crippen LogP contribution in [0.3, 0.4) is 0 Å². The number of rotatable bonds is 8. The van der Waals surface area contributed by atoms with Crippen LogP contribution >= 0.6 is 11.6 Å². The Morgan fingerprint density at radius 2 is 2.10 bits per heavy atom. The molecule has 0 aliphatic carbocycles. The third-order valence-electron chi connectivity index (χ3n) is 3.21. The van der Waals surface area contributed by atoms with Crippen LogP contribution in [0.5, 0.6) is 0 Å². The van der Waals surface area contributed by atoms with Gasteiger partial charge in [0, 0.05) is 18.7 Å². The maximum Gasteiger partial charge on any atom is 0.325 e. The number of likely N-dealkylation sites (N-methyl/N-ethyl adjacent to an activating group) is 1. The van der Waals surface area contributed by atoms with Crippen molar-refractivity contribution in [3.05, 3.63) is 34.6 Å². The van der Waals surface area contributed by atoms with Gasteiger partial charge in [0.25, 0.3) is 0 Å². The first kappa shape index (κ1) is 16.9. The Morgan fingerprint density at radius 3 is 2.65 bits per heavy atom. The summed E-state index contributed by atoms with van der Waals surface area (Å²) in [6.45, 7) is 7.02. The zero-order chi connectivity index (χ0) is 15.1. The van der Waals surface area contributed by atoms with Crippen molar-refractivity contribution >= 4 is 17.6 Å². The number of carboxylic acids is 1. The lowest BCUT2D eigenvalue weighted by Crippen LogP contribution is -2.36. The highest BCUT2D eigenvalue weighted by Gasteiger charge is 2.23. The number of hydrogen-bond acceptors (Lipinski definition) is 3. The van der Waals surface area contributed by atoms with Crippen molar-refractivity contribution < 1.29 is 14.3 Å². The van der Waals surface area contributed by atoms with Crippen molar-refractivity contribution in [1.29, 1.82) is 0 Å². The molecular formula is C14H20ClFN2O2. The van der Waals surface area contributed by atoms with Crippen LogP contribution in [0.2, 0.25) is 5.02 Å². The van der Waals surface area contributed by atoms with E-state index in [1.54, 1.807) is 6.07 Å². The topological polar surface area (TPSA) is 52.6 Å². The van der Waals surface area contributed by atoms with Gasteiger partial charge < -0.3 is 10.0 Å². The molecule has 112 valence electrons. The summed E-state index contributed by atoms with van der Waals surface area (Å²) in [5, 5.41) is 12.0. The standard InChI is InChI=1S/C14H20ClFN2O2/c1-3-18(4-2)9-8-17-13(14(19)20)10-6-5-7-11(15)12(10)16/h5-7,13,17H,3-4,8-9H2,1-2H3,(H,19,20). The zero-order valence-electron chi connectivity index (χ0n) is 11.7. The lowest BCUT2D eigenvalue weighted by atomic mass is 10.1. The monoisotopic (exact) mass is 302 g/mol. The average molecular weight is 303 g/mol. The van der Waals surface area contributed by atoms with Gasteiger partial charge in [-0.25, -0.2) is 4.39 Å². The fraction of sp³-hybridized carbons (Fsp3) is 0.500. The molecule has 0 aliphatic rings. The van der Waals surface area contributed by atoms with Gasteiger partial charge in [-0.1, -0.05) is 37.6 Å². The van der Waals surface area contributed by atoms with E-state index >= 15 is 0 Å². The Balaban J connectivity index is 2.75. The summed E-state index contributed by atoms with van der Waals surface area (Å²) in [5.41, 5.74) is 0.0598. The summed E-state index contributed by atoms with van der Waals surface area (Å²) in [5.74, 6) is -1.80.